The van der Waals surface area contributed by atoms with Crippen molar-refractivity contribution in [3.63, 3.8) is 0 Å². The summed E-state index contributed by atoms with van der Waals surface area (Å²) in [5.74, 6) is -3.70. The van der Waals surface area contributed by atoms with Gasteiger partial charge in [-0.1, -0.05) is 31.4 Å². The van der Waals surface area contributed by atoms with Crippen molar-refractivity contribution in [1.82, 2.24) is 5.32 Å². The molecule has 0 aromatic heterocycles. The third-order valence-electron chi connectivity index (χ3n) is 5.13. The molecule has 146 valence electrons. The van der Waals surface area contributed by atoms with Crippen LogP contribution in [0.5, 0.6) is 11.5 Å². The maximum atomic E-state index is 13.1. The zero-order valence-corrected chi connectivity index (χ0v) is 15.7. The molecular formula is C20H25NO6. The number of benzene rings is 1. The zero-order valence-electron chi connectivity index (χ0n) is 15.7. The van der Waals surface area contributed by atoms with Crippen molar-refractivity contribution < 1.29 is 28.6 Å². The number of carbonyl (C=O) groups excluding carboxylic acids is 3. The maximum Gasteiger partial charge on any atom is 0.327 e. The maximum absolute atomic E-state index is 13.1. The van der Waals surface area contributed by atoms with Gasteiger partial charge in [0.25, 0.3) is 0 Å². The van der Waals surface area contributed by atoms with Crippen molar-refractivity contribution in [2.45, 2.75) is 51.0 Å². The summed E-state index contributed by atoms with van der Waals surface area (Å²) < 4.78 is 15.7. The highest BCUT2D eigenvalue weighted by molar-refractivity contribution is 6.05. The molecule has 2 atom stereocenters. The third-order valence-corrected chi connectivity index (χ3v) is 5.13. The summed E-state index contributed by atoms with van der Waals surface area (Å²) >= 11 is 0. The SMILES string of the molecule is CCOC(=O)C1C(=O)Oc2c(OC)cccc2C1C(=O)NC1CCCCC1. The van der Waals surface area contributed by atoms with E-state index in [-0.39, 0.29) is 24.3 Å². The molecule has 7 heteroatoms. The molecule has 7 nitrogen and oxygen atoms in total. The molecule has 0 bridgehead atoms. The first-order valence-corrected chi connectivity index (χ1v) is 9.42. The number of fused-ring (bicyclic) bond motifs is 1. The van der Waals surface area contributed by atoms with Gasteiger partial charge in [-0.3, -0.25) is 14.4 Å². The minimum absolute atomic E-state index is 0.0566. The Morgan fingerprint density at radius 3 is 2.59 bits per heavy atom. The number of carbonyl (C=O) groups is 3. The quantitative estimate of drug-likeness (QED) is 0.483. The fourth-order valence-electron chi connectivity index (χ4n) is 3.82. The van der Waals surface area contributed by atoms with Crippen LogP contribution >= 0.6 is 0 Å². The molecular weight excluding hydrogens is 350 g/mol. The van der Waals surface area contributed by atoms with Crippen LogP contribution in [0.3, 0.4) is 0 Å². The molecule has 3 rings (SSSR count). The number of rotatable bonds is 5. The molecule has 1 fully saturated rings. The van der Waals surface area contributed by atoms with Gasteiger partial charge in [-0.2, -0.15) is 0 Å². The third kappa shape index (κ3) is 3.91. The predicted molar refractivity (Wildman–Crippen MR) is 96.5 cm³/mol. The number of para-hydroxylation sites is 1. The first-order chi connectivity index (χ1) is 13.1. The van der Waals surface area contributed by atoms with Gasteiger partial charge in [0.1, 0.15) is 0 Å². The summed E-state index contributed by atoms with van der Waals surface area (Å²) in [4.78, 5) is 38.2. The number of hydrogen-bond acceptors (Lipinski definition) is 6. The van der Waals surface area contributed by atoms with Crippen LogP contribution < -0.4 is 14.8 Å². The minimum Gasteiger partial charge on any atom is -0.493 e. The van der Waals surface area contributed by atoms with E-state index in [0.717, 1.165) is 32.1 Å². The van der Waals surface area contributed by atoms with Gasteiger partial charge in [-0.15, -0.1) is 0 Å². The van der Waals surface area contributed by atoms with E-state index in [4.69, 9.17) is 14.2 Å². The highest BCUT2D eigenvalue weighted by atomic mass is 16.6. The average molecular weight is 375 g/mol. The average Bonchev–Trinajstić information content (AvgIpc) is 2.67. The van der Waals surface area contributed by atoms with Gasteiger partial charge in [0.05, 0.1) is 19.6 Å². The van der Waals surface area contributed by atoms with Gasteiger partial charge in [0.15, 0.2) is 17.4 Å². The van der Waals surface area contributed by atoms with Gasteiger partial charge >= 0.3 is 11.9 Å². The number of ether oxygens (including phenoxy) is 3. The molecule has 1 aromatic rings. The van der Waals surface area contributed by atoms with Crippen LogP contribution in [0.4, 0.5) is 0 Å². The lowest BCUT2D eigenvalue weighted by Gasteiger charge is -2.32. The lowest BCUT2D eigenvalue weighted by atomic mass is 9.82. The van der Waals surface area contributed by atoms with Gasteiger partial charge in [-0.25, -0.2) is 0 Å². The molecule has 1 aliphatic carbocycles. The fraction of sp³-hybridized carbons (Fsp3) is 0.550. The van der Waals surface area contributed by atoms with Gasteiger partial charge in [0.2, 0.25) is 5.91 Å². The molecule has 1 aromatic carbocycles. The number of amides is 1. The Morgan fingerprint density at radius 1 is 1.19 bits per heavy atom. The van der Waals surface area contributed by atoms with Crippen LogP contribution in [0.2, 0.25) is 0 Å². The first kappa shape index (κ1) is 19.2. The summed E-state index contributed by atoms with van der Waals surface area (Å²) in [6.07, 6.45) is 5.08. The second kappa shape index (κ2) is 8.41. The Bertz CT molecular complexity index is 725. The summed E-state index contributed by atoms with van der Waals surface area (Å²) in [5.41, 5.74) is 0.459. The van der Waals surface area contributed by atoms with Crippen LogP contribution in [-0.2, 0) is 19.1 Å². The van der Waals surface area contributed by atoms with Crippen molar-refractivity contribution in [3.05, 3.63) is 23.8 Å². The molecule has 1 heterocycles. The highest BCUT2D eigenvalue weighted by Gasteiger charge is 2.48. The predicted octanol–water partition coefficient (Wildman–Crippen LogP) is 2.33. The monoisotopic (exact) mass is 375 g/mol. The molecule has 1 saturated carbocycles. The van der Waals surface area contributed by atoms with E-state index in [0.29, 0.717) is 11.3 Å². The summed E-state index contributed by atoms with van der Waals surface area (Å²) in [6, 6.07) is 5.09. The Morgan fingerprint density at radius 2 is 1.93 bits per heavy atom. The molecule has 1 aliphatic heterocycles. The lowest BCUT2D eigenvalue weighted by Crippen LogP contribution is -2.47. The number of esters is 2. The fourth-order valence-corrected chi connectivity index (χ4v) is 3.82. The van der Waals surface area contributed by atoms with E-state index in [9.17, 15) is 14.4 Å². The van der Waals surface area contributed by atoms with E-state index in [2.05, 4.69) is 5.32 Å². The van der Waals surface area contributed by atoms with Gasteiger partial charge in [0, 0.05) is 11.6 Å². The minimum atomic E-state index is -1.33. The molecule has 1 N–H and O–H groups in total. The summed E-state index contributed by atoms with van der Waals surface area (Å²) in [5, 5.41) is 3.02. The van der Waals surface area contributed by atoms with Crippen LogP contribution in [0.1, 0.15) is 50.5 Å². The normalized spacial score (nSPS) is 22.4. The van der Waals surface area contributed by atoms with Crippen molar-refractivity contribution in [1.29, 1.82) is 0 Å². The van der Waals surface area contributed by atoms with Crippen LogP contribution in [0.25, 0.3) is 0 Å². The first-order valence-electron chi connectivity index (χ1n) is 9.42. The van der Waals surface area contributed by atoms with Crippen molar-refractivity contribution >= 4 is 17.8 Å². The Hall–Kier alpha value is -2.57. The molecule has 2 unspecified atom stereocenters. The topological polar surface area (TPSA) is 90.9 Å². The Balaban J connectivity index is 1.97. The zero-order chi connectivity index (χ0) is 19.4. The van der Waals surface area contributed by atoms with Crippen LogP contribution in [0.15, 0.2) is 18.2 Å². The van der Waals surface area contributed by atoms with E-state index < -0.39 is 23.8 Å². The largest absolute Gasteiger partial charge is 0.493 e. The molecule has 2 aliphatic rings. The Labute approximate surface area is 158 Å². The molecule has 27 heavy (non-hydrogen) atoms. The second-order valence-corrected chi connectivity index (χ2v) is 6.85. The number of nitrogens with one attached hydrogen (secondary N) is 1. The summed E-state index contributed by atoms with van der Waals surface area (Å²) in [7, 11) is 1.46. The van der Waals surface area contributed by atoms with E-state index in [1.165, 1.54) is 7.11 Å². The molecule has 0 saturated heterocycles. The van der Waals surface area contributed by atoms with E-state index in [1.54, 1.807) is 25.1 Å². The lowest BCUT2D eigenvalue weighted by molar-refractivity contribution is -0.161. The standard InChI is InChI=1S/C20H25NO6/c1-3-26-19(23)16-15(18(22)21-12-8-5-4-6-9-12)13-10-7-11-14(25-2)17(13)27-20(16)24/h7,10-12,15-16H,3-6,8-9H2,1-2H3,(H,21,22). The van der Waals surface area contributed by atoms with Crippen molar-refractivity contribution in [2.24, 2.45) is 5.92 Å². The van der Waals surface area contributed by atoms with E-state index >= 15 is 0 Å². The van der Waals surface area contributed by atoms with Gasteiger partial charge in [-0.05, 0) is 25.8 Å². The molecule has 0 radical (unpaired) electrons. The van der Waals surface area contributed by atoms with E-state index in [1.807, 2.05) is 0 Å². The Kier molecular flexibility index (Phi) is 5.98. The van der Waals surface area contributed by atoms with Crippen molar-refractivity contribution in [3.8, 4) is 11.5 Å². The molecule has 1 amide bonds. The van der Waals surface area contributed by atoms with Gasteiger partial charge < -0.3 is 19.5 Å². The smallest absolute Gasteiger partial charge is 0.327 e. The van der Waals surface area contributed by atoms with Crippen LogP contribution in [-0.4, -0.2) is 37.6 Å². The number of hydrogen-bond donors (Lipinski definition) is 1. The molecule has 0 spiro atoms. The summed E-state index contributed by atoms with van der Waals surface area (Å²) in [6.45, 7) is 1.77. The highest BCUT2D eigenvalue weighted by Crippen LogP contribution is 2.44. The second-order valence-electron chi connectivity index (χ2n) is 6.85. The van der Waals surface area contributed by atoms with Crippen LogP contribution in [0, 0.1) is 5.92 Å². The number of methoxy groups -OCH3 is 1. The van der Waals surface area contributed by atoms with Crippen molar-refractivity contribution in [2.75, 3.05) is 13.7 Å².